The van der Waals surface area contributed by atoms with Crippen molar-refractivity contribution in [2.45, 2.75) is 89.1 Å². The Morgan fingerprint density at radius 3 is 2.67 bits per heavy atom. The first-order chi connectivity index (χ1) is 16.8. The lowest BCUT2D eigenvalue weighted by Gasteiger charge is -2.63. The standard InChI is InChI=1S/C27H36ClFO7/c1-23(2)35-22-11-18-19-9-15(13-30)17-10-16(34-8-7-28)5-6-24(17,3)26(19,29)20(32)12-25(18,4)27(22,36-23)21(33)14-31/h10,13,18-20,22,31-32H,5-9,11-12,14H2,1-4H3/t18-,19-,20-,22+,24-,25-,26-,27+/m0/s1. The van der Waals surface area contributed by atoms with Crippen molar-refractivity contribution in [3.05, 3.63) is 23.0 Å². The highest BCUT2D eigenvalue weighted by Gasteiger charge is 2.80. The van der Waals surface area contributed by atoms with Gasteiger partial charge in [-0.1, -0.05) is 13.8 Å². The number of aliphatic hydroxyl groups is 2. The number of aliphatic hydroxyl groups excluding tert-OH is 2. The number of Topliss-reactive ketones (excluding diaryl/α,β-unsaturated/α-hetero) is 1. The number of halogens is 2. The minimum Gasteiger partial charge on any atom is -0.497 e. The summed E-state index contributed by atoms with van der Waals surface area (Å²) < 4.78 is 35.8. The summed E-state index contributed by atoms with van der Waals surface area (Å²) in [5, 5.41) is 21.6. The Kier molecular flexibility index (Phi) is 6.09. The van der Waals surface area contributed by atoms with Crippen LogP contribution < -0.4 is 0 Å². The fourth-order valence-corrected chi connectivity index (χ4v) is 8.67. The van der Waals surface area contributed by atoms with E-state index in [2.05, 4.69) is 0 Å². The molecule has 5 rings (SSSR count). The van der Waals surface area contributed by atoms with Gasteiger partial charge in [0.25, 0.3) is 0 Å². The van der Waals surface area contributed by atoms with Crippen molar-refractivity contribution in [2.75, 3.05) is 19.1 Å². The molecule has 0 aromatic carbocycles. The zero-order valence-corrected chi connectivity index (χ0v) is 22.1. The van der Waals surface area contributed by atoms with Crippen molar-refractivity contribution in [1.82, 2.24) is 0 Å². The summed E-state index contributed by atoms with van der Waals surface area (Å²) in [5.74, 6) is -1.74. The predicted octanol–water partition coefficient (Wildman–Crippen LogP) is 3.39. The van der Waals surface area contributed by atoms with Crippen LogP contribution in [0.2, 0.25) is 0 Å². The van der Waals surface area contributed by atoms with Crippen LogP contribution in [0.3, 0.4) is 0 Å². The third kappa shape index (κ3) is 3.11. The molecule has 0 radical (unpaired) electrons. The van der Waals surface area contributed by atoms with Crippen molar-refractivity contribution in [1.29, 1.82) is 0 Å². The monoisotopic (exact) mass is 526 g/mol. The van der Waals surface area contributed by atoms with Crippen molar-refractivity contribution in [3.8, 4) is 0 Å². The Balaban J connectivity index is 1.63. The van der Waals surface area contributed by atoms with Gasteiger partial charge in [0.05, 0.1) is 23.8 Å². The van der Waals surface area contributed by atoms with Crippen LogP contribution in [0, 0.1) is 22.7 Å². The molecule has 0 unspecified atom stereocenters. The normalized spacial score (nSPS) is 46.8. The molecule has 7 nitrogen and oxygen atoms in total. The van der Waals surface area contributed by atoms with Gasteiger partial charge in [-0.05, 0) is 62.7 Å². The number of aldehydes is 1. The lowest BCUT2D eigenvalue weighted by Crippen LogP contribution is -2.70. The largest absolute Gasteiger partial charge is 0.497 e. The SMILES string of the molecule is CC1(C)O[C@@H]2C[C@H]3[C@@H]4CC(C=O)=C5C=C(OCCCl)CC[C@]5(C)[C@@]4(F)[C@@H](O)C[C@]3(C)[C@]2(C(=O)CO)O1. The maximum Gasteiger partial charge on any atom is 0.193 e. The second kappa shape index (κ2) is 8.34. The number of rotatable bonds is 6. The molecular formula is C27H36ClFO7. The van der Waals surface area contributed by atoms with Crippen molar-refractivity contribution >= 4 is 23.7 Å². The minimum atomic E-state index is -2.04. The summed E-state index contributed by atoms with van der Waals surface area (Å²) >= 11 is 5.77. The van der Waals surface area contributed by atoms with E-state index in [0.717, 1.165) is 6.29 Å². The van der Waals surface area contributed by atoms with Gasteiger partial charge in [0.15, 0.2) is 17.2 Å². The summed E-state index contributed by atoms with van der Waals surface area (Å²) in [4.78, 5) is 25.7. The van der Waals surface area contributed by atoms with E-state index in [1.54, 1.807) is 26.8 Å². The van der Waals surface area contributed by atoms with Gasteiger partial charge in [-0.3, -0.25) is 9.59 Å². The molecule has 0 amide bonds. The van der Waals surface area contributed by atoms with Gasteiger partial charge in [-0.2, -0.15) is 0 Å². The lowest BCUT2D eigenvalue weighted by molar-refractivity contribution is -0.248. The molecule has 0 aromatic rings. The van der Waals surface area contributed by atoms with Crippen LogP contribution >= 0.6 is 11.6 Å². The number of ether oxygens (including phenoxy) is 3. The van der Waals surface area contributed by atoms with Crippen molar-refractivity contribution in [2.24, 2.45) is 22.7 Å². The number of carbonyl (C=O) groups excluding carboxylic acids is 2. The van der Waals surface area contributed by atoms with E-state index in [-0.39, 0.29) is 12.8 Å². The summed E-state index contributed by atoms with van der Waals surface area (Å²) in [6, 6.07) is 0. The van der Waals surface area contributed by atoms with Crippen LogP contribution in [-0.4, -0.2) is 70.6 Å². The third-order valence-electron chi connectivity index (χ3n) is 10.0. The number of hydrogen-bond donors (Lipinski definition) is 2. The van der Waals surface area contributed by atoms with Gasteiger partial charge >= 0.3 is 0 Å². The molecule has 3 fully saturated rings. The smallest absolute Gasteiger partial charge is 0.193 e. The van der Waals surface area contributed by atoms with E-state index in [1.165, 1.54) is 0 Å². The fraction of sp³-hybridized carbons (Fsp3) is 0.778. The van der Waals surface area contributed by atoms with Crippen molar-refractivity contribution < 1.29 is 38.4 Å². The molecule has 4 aliphatic carbocycles. The van der Waals surface area contributed by atoms with Gasteiger partial charge in [-0.25, -0.2) is 4.39 Å². The molecule has 1 aliphatic heterocycles. The highest BCUT2D eigenvalue weighted by Crippen LogP contribution is 2.72. The van der Waals surface area contributed by atoms with E-state index >= 15 is 4.39 Å². The topological polar surface area (TPSA) is 102 Å². The van der Waals surface area contributed by atoms with E-state index in [4.69, 9.17) is 25.8 Å². The van der Waals surface area contributed by atoms with E-state index in [0.29, 0.717) is 48.7 Å². The molecule has 0 aromatic heterocycles. The van der Waals surface area contributed by atoms with E-state index < -0.39 is 64.3 Å². The third-order valence-corrected chi connectivity index (χ3v) is 10.2. The Bertz CT molecular complexity index is 1040. The van der Waals surface area contributed by atoms with Gasteiger partial charge < -0.3 is 24.4 Å². The first kappa shape index (κ1) is 26.3. The van der Waals surface area contributed by atoms with Crippen LogP contribution in [-0.2, 0) is 23.8 Å². The molecule has 1 heterocycles. The van der Waals surface area contributed by atoms with Crippen molar-refractivity contribution in [3.63, 3.8) is 0 Å². The maximum atomic E-state index is 17.7. The number of alkyl halides is 2. The van der Waals surface area contributed by atoms with Gasteiger partial charge in [-0.15, -0.1) is 11.6 Å². The second-order valence-electron chi connectivity index (χ2n) is 12.0. The molecule has 0 bridgehead atoms. The Hall–Kier alpha value is -1.32. The van der Waals surface area contributed by atoms with Gasteiger partial charge in [0.2, 0.25) is 0 Å². The Labute approximate surface area is 216 Å². The Morgan fingerprint density at radius 2 is 2.03 bits per heavy atom. The average Bonchev–Trinajstić information content (AvgIpc) is 3.24. The summed E-state index contributed by atoms with van der Waals surface area (Å²) in [7, 11) is 0. The quantitative estimate of drug-likeness (QED) is 0.404. The average molecular weight is 527 g/mol. The van der Waals surface area contributed by atoms with Crippen LogP contribution in [0.5, 0.6) is 0 Å². The molecule has 8 atom stereocenters. The highest BCUT2D eigenvalue weighted by molar-refractivity contribution is 6.17. The molecule has 36 heavy (non-hydrogen) atoms. The number of hydrogen-bond acceptors (Lipinski definition) is 7. The van der Waals surface area contributed by atoms with E-state index in [1.807, 2.05) is 6.92 Å². The molecule has 2 N–H and O–H groups in total. The van der Waals surface area contributed by atoms with Gasteiger partial charge in [0, 0.05) is 23.2 Å². The van der Waals surface area contributed by atoms with Crippen LogP contribution in [0.4, 0.5) is 4.39 Å². The van der Waals surface area contributed by atoms with Gasteiger partial charge in [0.1, 0.15) is 25.2 Å². The number of ketones is 1. The molecule has 5 aliphatic rings. The summed E-state index contributed by atoms with van der Waals surface area (Å²) in [6.07, 6.45) is 1.72. The predicted molar refractivity (Wildman–Crippen MR) is 129 cm³/mol. The number of carbonyl (C=O) groups is 2. The lowest BCUT2D eigenvalue weighted by atomic mass is 9.44. The first-order valence-electron chi connectivity index (χ1n) is 12.8. The maximum absolute atomic E-state index is 17.7. The van der Waals surface area contributed by atoms with Crippen LogP contribution in [0.1, 0.15) is 59.8 Å². The number of allylic oxidation sites excluding steroid dienone is 4. The molecular weight excluding hydrogens is 491 g/mol. The Morgan fingerprint density at radius 1 is 1.31 bits per heavy atom. The molecule has 1 saturated heterocycles. The minimum absolute atomic E-state index is 0.0229. The summed E-state index contributed by atoms with van der Waals surface area (Å²) in [6.45, 7) is 6.65. The first-order valence-corrected chi connectivity index (χ1v) is 13.4. The zero-order valence-electron chi connectivity index (χ0n) is 21.3. The van der Waals surface area contributed by atoms with E-state index in [9.17, 15) is 19.8 Å². The van der Waals surface area contributed by atoms with Crippen LogP contribution in [0.15, 0.2) is 23.0 Å². The summed E-state index contributed by atoms with van der Waals surface area (Å²) in [5.41, 5.74) is -4.59. The molecule has 9 heteroatoms. The highest BCUT2D eigenvalue weighted by atomic mass is 35.5. The van der Waals surface area contributed by atoms with Crippen LogP contribution in [0.25, 0.3) is 0 Å². The molecule has 200 valence electrons. The molecule has 2 saturated carbocycles. The zero-order chi connectivity index (χ0) is 26.3. The fourth-order valence-electron chi connectivity index (χ4n) is 8.60. The second-order valence-corrected chi connectivity index (χ2v) is 12.4. The number of fused-ring (bicyclic) bond motifs is 7. The molecule has 0 spiro atoms.